The molecule has 0 bridgehead atoms. The smallest absolute Gasteiger partial charge is 0.255 e. The summed E-state index contributed by atoms with van der Waals surface area (Å²) in [5.41, 5.74) is 1.36. The zero-order valence-electron chi connectivity index (χ0n) is 17.6. The SMILES string of the molecule is CC(C)=CS(=O)(=O)NO[C@H]1COC2C1OC[C@H]2Nc1nc(Nc2cnn(C)c2)ncc1Cl. The number of aromatic nitrogens is 4. The first kappa shape index (κ1) is 22.9. The van der Waals surface area contributed by atoms with Gasteiger partial charge in [-0.1, -0.05) is 22.1 Å². The van der Waals surface area contributed by atoms with Crippen molar-refractivity contribution in [3.05, 3.63) is 34.6 Å². The molecule has 2 aromatic rings. The van der Waals surface area contributed by atoms with Gasteiger partial charge in [0.2, 0.25) is 5.95 Å². The van der Waals surface area contributed by atoms with Crippen molar-refractivity contribution in [3.63, 3.8) is 0 Å². The van der Waals surface area contributed by atoms with E-state index in [1.165, 1.54) is 6.20 Å². The topological polar surface area (TPSA) is 142 Å². The minimum atomic E-state index is -3.70. The molecule has 2 unspecified atom stereocenters. The quantitative estimate of drug-likeness (QED) is 0.468. The summed E-state index contributed by atoms with van der Waals surface area (Å²) in [5, 5.41) is 11.8. The summed E-state index contributed by atoms with van der Waals surface area (Å²) < 4.78 is 37.2. The van der Waals surface area contributed by atoms with Crippen LogP contribution >= 0.6 is 11.6 Å². The van der Waals surface area contributed by atoms with Gasteiger partial charge in [-0.3, -0.25) is 9.52 Å². The molecule has 0 spiro atoms. The molecule has 32 heavy (non-hydrogen) atoms. The number of hydrogen-bond donors (Lipinski definition) is 3. The van der Waals surface area contributed by atoms with Crippen LogP contribution in [0.1, 0.15) is 13.8 Å². The van der Waals surface area contributed by atoms with Crippen molar-refractivity contribution in [3.8, 4) is 0 Å². The monoisotopic (exact) mass is 485 g/mol. The first-order valence-corrected chi connectivity index (χ1v) is 11.7. The molecule has 4 heterocycles. The molecule has 2 saturated heterocycles. The van der Waals surface area contributed by atoms with Crippen molar-refractivity contribution in [2.45, 2.75) is 38.2 Å². The zero-order chi connectivity index (χ0) is 22.9. The lowest BCUT2D eigenvalue weighted by Crippen LogP contribution is -2.39. The third-order valence-corrected chi connectivity index (χ3v) is 6.13. The molecule has 2 aliphatic heterocycles. The number of allylic oxidation sites excluding steroid dienone is 1. The van der Waals surface area contributed by atoms with Crippen LogP contribution < -0.4 is 15.5 Å². The molecule has 0 saturated carbocycles. The van der Waals surface area contributed by atoms with E-state index in [0.29, 0.717) is 29.0 Å². The summed E-state index contributed by atoms with van der Waals surface area (Å²) in [4.78, 5) is 16.1. The number of nitrogens with one attached hydrogen (secondary N) is 3. The van der Waals surface area contributed by atoms with Gasteiger partial charge in [-0.2, -0.15) is 10.1 Å². The minimum Gasteiger partial charge on any atom is -0.370 e. The number of sulfonamides is 1. The molecule has 4 rings (SSSR count). The second-order valence-electron chi connectivity index (χ2n) is 7.74. The second kappa shape index (κ2) is 9.29. The number of aryl methyl sites for hydroxylation is 1. The highest BCUT2D eigenvalue weighted by Crippen LogP contribution is 2.32. The van der Waals surface area contributed by atoms with Crippen LogP contribution in [0.4, 0.5) is 17.5 Å². The van der Waals surface area contributed by atoms with Gasteiger partial charge in [0.05, 0.1) is 37.3 Å². The molecule has 3 N–H and O–H groups in total. The number of hydrogen-bond acceptors (Lipinski definition) is 10. The molecule has 4 atom stereocenters. The van der Waals surface area contributed by atoms with Crippen molar-refractivity contribution in [1.29, 1.82) is 0 Å². The van der Waals surface area contributed by atoms with Crippen LogP contribution in [0.3, 0.4) is 0 Å². The van der Waals surface area contributed by atoms with Crippen molar-refractivity contribution >= 4 is 39.1 Å². The van der Waals surface area contributed by atoms with Crippen LogP contribution in [0.2, 0.25) is 5.02 Å². The van der Waals surface area contributed by atoms with Crippen molar-refractivity contribution in [2.24, 2.45) is 7.05 Å². The average molecular weight is 486 g/mol. The van der Waals surface area contributed by atoms with Crippen LogP contribution in [0.5, 0.6) is 0 Å². The Morgan fingerprint density at radius 2 is 2.06 bits per heavy atom. The van der Waals surface area contributed by atoms with Gasteiger partial charge in [0.15, 0.2) is 5.82 Å². The van der Waals surface area contributed by atoms with Gasteiger partial charge in [-0.05, 0) is 13.8 Å². The van der Waals surface area contributed by atoms with Gasteiger partial charge < -0.3 is 20.1 Å². The fraction of sp³-hybridized carbons (Fsp3) is 0.500. The molecule has 0 aromatic carbocycles. The first-order valence-electron chi connectivity index (χ1n) is 9.80. The van der Waals surface area contributed by atoms with E-state index < -0.39 is 22.2 Å². The number of ether oxygens (including phenoxy) is 2. The normalized spacial score (nSPS) is 24.9. The van der Waals surface area contributed by atoms with Crippen LogP contribution in [0.15, 0.2) is 29.6 Å². The Morgan fingerprint density at radius 1 is 1.28 bits per heavy atom. The highest BCUT2D eigenvalue weighted by molar-refractivity contribution is 7.92. The summed E-state index contributed by atoms with van der Waals surface area (Å²) in [6.07, 6.45) is 3.53. The summed E-state index contributed by atoms with van der Waals surface area (Å²) >= 11 is 6.27. The number of anilines is 3. The fourth-order valence-electron chi connectivity index (χ4n) is 3.47. The maximum Gasteiger partial charge on any atom is 0.255 e. The average Bonchev–Trinajstić information content (AvgIpc) is 3.40. The third-order valence-electron chi connectivity index (χ3n) is 4.74. The van der Waals surface area contributed by atoms with Crippen LogP contribution in [-0.2, 0) is 31.4 Å². The lowest BCUT2D eigenvalue weighted by atomic mass is 10.1. The third kappa shape index (κ3) is 5.36. The molecule has 14 heteroatoms. The zero-order valence-corrected chi connectivity index (χ0v) is 19.2. The standard InChI is InChI=1S/C18H24ClN7O5S/c1-10(2)9-32(27,28)25-31-14-8-30-15-13(7-29-16(14)15)23-17-12(19)5-20-18(24-17)22-11-4-21-26(3)6-11/h4-6,9,13-16,25H,7-8H2,1-3H3,(H2,20,22,23,24)/t13-,14+,15?,16?/m1/s1. The Morgan fingerprint density at radius 3 is 2.78 bits per heavy atom. The van der Waals surface area contributed by atoms with Crippen LogP contribution in [-0.4, -0.2) is 65.7 Å². The van der Waals surface area contributed by atoms with E-state index in [1.807, 2.05) is 7.05 Å². The van der Waals surface area contributed by atoms with E-state index in [2.05, 4.69) is 30.6 Å². The van der Waals surface area contributed by atoms with Gasteiger partial charge in [0.1, 0.15) is 23.3 Å². The van der Waals surface area contributed by atoms with E-state index in [0.717, 1.165) is 11.1 Å². The largest absolute Gasteiger partial charge is 0.370 e. The Bertz CT molecular complexity index is 1100. The van der Waals surface area contributed by atoms with Gasteiger partial charge >= 0.3 is 0 Å². The molecule has 2 aromatic heterocycles. The molecule has 0 aliphatic carbocycles. The Labute approximate surface area is 190 Å². The Hall–Kier alpha value is -2.29. The van der Waals surface area contributed by atoms with E-state index in [4.69, 9.17) is 25.9 Å². The molecular formula is C18H24ClN7O5S. The van der Waals surface area contributed by atoms with Crippen LogP contribution in [0, 0.1) is 0 Å². The van der Waals surface area contributed by atoms with Crippen molar-refractivity contribution in [1.82, 2.24) is 24.6 Å². The number of rotatable bonds is 8. The molecule has 174 valence electrons. The summed E-state index contributed by atoms with van der Waals surface area (Å²) in [7, 11) is -1.89. The molecule has 2 aliphatic rings. The number of nitrogens with zero attached hydrogens (tertiary/aromatic N) is 4. The van der Waals surface area contributed by atoms with Gasteiger partial charge in [0.25, 0.3) is 10.0 Å². The molecule has 0 radical (unpaired) electrons. The Balaban J connectivity index is 1.38. The number of halogens is 1. The highest BCUT2D eigenvalue weighted by atomic mass is 35.5. The van der Waals surface area contributed by atoms with E-state index in [-0.39, 0.29) is 18.8 Å². The lowest BCUT2D eigenvalue weighted by molar-refractivity contribution is -0.0521. The minimum absolute atomic E-state index is 0.177. The van der Waals surface area contributed by atoms with Gasteiger partial charge in [-0.15, -0.1) is 0 Å². The van der Waals surface area contributed by atoms with Gasteiger partial charge in [0, 0.05) is 18.7 Å². The highest BCUT2D eigenvalue weighted by Gasteiger charge is 2.49. The van der Waals surface area contributed by atoms with E-state index in [1.54, 1.807) is 30.9 Å². The molecule has 2 fully saturated rings. The molecular weight excluding hydrogens is 462 g/mol. The van der Waals surface area contributed by atoms with Crippen LogP contribution in [0.25, 0.3) is 0 Å². The van der Waals surface area contributed by atoms with Crippen molar-refractivity contribution in [2.75, 3.05) is 23.8 Å². The molecule has 12 nitrogen and oxygen atoms in total. The first-order chi connectivity index (χ1) is 15.2. The maximum absolute atomic E-state index is 12.0. The predicted molar refractivity (Wildman–Crippen MR) is 117 cm³/mol. The maximum atomic E-state index is 12.0. The van der Waals surface area contributed by atoms with E-state index in [9.17, 15) is 8.42 Å². The summed E-state index contributed by atoms with van der Waals surface area (Å²) in [6, 6.07) is -0.262. The predicted octanol–water partition coefficient (Wildman–Crippen LogP) is 1.33. The second-order valence-corrected chi connectivity index (χ2v) is 9.64. The van der Waals surface area contributed by atoms with E-state index >= 15 is 0 Å². The van der Waals surface area contributed by atoms with Gasteiger partial charge in [-0.25, -0.2) is 13.4 Å². The van der Waals surface area contributed by atoms with Crippen molar-refractivity contribution < 1.29 is 22.7 Å². The Kier molecular flexibility index (Phi) is 6.65. The number of fused-ring (bicyclic) bond motifs is 1. The summed E-state index contributed by atoms with van der Waals surface area (Å²) in [6.45, 7) is 3.85. The summed E-state index contributed by atoms with van der Waals surface area (Å²) in [5.74, 6) is 0.766. The molecule has 0 amide bonds. The lowest BCUT2D eigenvalue weighted by Gasteiger charge is -2.19. The fourth-order valence-corrected chi connectivity index (χ4v) is 4.54.